The summed E-state index contributed by atoms with van der Waals surface area (Å²) < 4.78 is 7.13. The molecule has 80 valence electrons. The maximum absolute atomic E-state index is 5.30. The fraction of sp³-hybridized carbons (Fsp3) is 0.455. The van der Waals surface area contributed by atoms with Crippen molar-refractivity contribution in [1.29, 1.82) is 0 Å². The van der Waals surface area contributed by atoms with Gasteiger partial charge in [0.25, 0.3) is 0 Å². The van der Waals surface area contributed by atoms with Gasteiger partial charge in [0, 0.05) is 18.8 Å². The Labute approximate surface area is 88.9 Å². The highest BCUT2D eigenvalue weighted by atomic mass is 16.5. The molecule has 0 aliphatic rings. The minimum Gasteiger partial charge on any atom is -0.356 e. The van der Waals surface area contributed by atoms with E-state index in [0.717, 1.165) is 22.7 Å². The van der Waals surface area contributed by atoms with Crippen LogP contribution in [0.25, 0.3) is 11.3 Å². The van der Waals surface area contributed by atoms with Gasteiger partial charge in [-0.05, 0) is 12.8 Å². The molecule has 4 heteroatoms. The summed E-state index contributed by atoms with van der Waals surface area (Å²) in [5, 5.41) is 8.21. The van der Waals surface area contributed by atoms with Crippen molar-refractivity contribution < 1.29 is 4.52 Å². The summed E-state index contributed by atoms with van der Waals surface area (Å²) in [6.45, 7) is 6.20. The zero-order chi connectivity index (χ0) is 11.0. The second kappa shape index (κ2) is 3.53. The van der Waals surface area contributed by atoms with E-state index in [1.54, 1.807) is 6.20 Å². The minimum atomic E-state index is 0.388. The largest absolute Gasteiger partial charge is 0.356 e. The first-order valence-electron chi connectivity index (χ1n) is 5.05. The molecule has 2 rings (SSSR count). The number of rotatable bonds is 2. The van der Waals surface area contributed by atoms with Gasteiger partial charge in [0.15, 0.2) is 5.76 Å². The maximum Gasteiger partial charge on any atom is 0.170 e. The van der Waals surface area contributed by atoms with Gasteiger partial charge in [0.05, 0.1) is 17.5 Å². The summed E-state index contributed by atoms with van der Waals surface area (Å²) in [7, 11) is 1.92. The van der Waals surface area contributed by atoms with Crippen LogP contribution in [0.15, 0.2) is 16.8 Å². The summed E-state index contributed by atoms with van der Waals surface area (Å²) in [5.41, 5.74) is 3.08. The van der Waals surface area contributed by atoms with Gasteiger partial charge in [-0.2, -0.15) is 5.10 Å². The van der Waals surface area contributed by atoms with Gasteiger partial charge in [-0.15, -0.1) is 0 Å². The molecule has 0 radical (unpaired) electrons. The molecular weight excluding hydrogens is 190 g/mol. The molecule has 2 aromatic rings. The zero-order valence-electron chi connectivity index (χ0n) is 9.48. The molecule has 0 saturated carbocycles. The maximum atomic E-state index is 5.30. The molecule has 0 saturated heterocycles. The van der Waals surface area contributed by atoms with Gasteiger partial charge in [0.2, 0.25) is 0 Å². The Morgan fingerprint density at radius 2 is 2.13 bits per heavy atom. The van der Waals surface area contributed by atoms with Crippen LogP contribution in [0.5, 0.6) is 0 Å². The Morgan fingerprint density at radius 1 is 1.40 bits per heavy atom. The van der Waals surface area contributed by atoms with E-state index in [1.165, 1.54) is 0 Å². The van der Waals surface area contributed by atoms with E-state index in [-0.39, 0.29) is 0 Å². The van der Waals surface area contributed by atoms with Gasteiger partial charge in [-0.25, -0.2) is 0 Å². The lowest BCUT2D eigenvalue weighted by molar-refractivity contribution is 0.419. The third kappa shape index (κ3) is 1.67. The number of hydrogen-bond acceptors (Lipinski definition) is 3. The SMILES string of the molecule is Cc1c(-c2cc(C(C)C)no2)cnn1C. The molecule has 2 aromatic heterocycles. The van der Waals surface area contributed by atoms with Crippen molar-refractivity contribution in [2.75, 3.05) is 0 Å². The Balaban J connectivity index is 2.41. The summed E-state index contributed by atoms with van der Waals surface area (Å²) in [5.74, 6) is 1.18. The predicted molar refractivity (Wildman–Crippen MR) is 57.5 cm³/mol. The summed E-state index contributed by atoms with van der Waals surface area (Å²) in [4.78, 5) is 0. The molecule has 15 heavy (non-hydrogen) atoms. The van der Waals surface area contributed by atoms with Gasteiger partial charge < -0.3 is 4.52 Å². The topological polar surface area (TPSA) is 43.9 Å². The van der Waals surface area contributed by atoms with Gasteiger partial charge in [0.1, 0.15) is 0 Å². The first kappa shape index (κ1) is 9.96. The normalized spacial score (nSPS) is 11.3. The molecule has 0 aromatic carbocycles. The highest BCUT2D eigenvalue weighted by Crippen LogP contribution is 2.25. The average Bonchev–Trinajstić information content (AvgIpc) is 2.76. The predicted octanol–water partition coefficient (Wildman–Crippen LogP) is 2.51. The minimum absolute atomic E-state index is 0.388. The van der Waals surface area contributed by atoms with E-state index in [0.29, 0.717) is 5.92 Å². The molecule has 2 heterocycles. The van der Waals surface area contributed by atoms with Crippen molar-refractivity contribution in [3.8, 4) is 11.3 Å². The number of aromatic nitrogens is 3. The highest BCUT2D eigenvalue weighted by molar-refractivity contribution is 5.59. The van der Waals surface area contributed by atoms with Crippen molar-refractivity contribution in [2.24, 2.45) is 7.05 Å². The van der Waals surface area contributed by atoms with Gasteiger partial charge >= 0.3 is 0 Å². The highest BCUT2D eigenvalue weighted by Gasteiger charge is 2.13. The van der Waals surface area contributed by atoms with Gasteiger partial charge in [-0.3, -0.25) is 4.68 Å². The molecule has 0 spiro atoms. The summed E-state index contributed by atoms with van der Waals surface area (Å²) >= 11 is 0. The van der Waals surface area contributed by atoms with Crippen LogP contribution < -0.4 is 0 Å². The number of nitrogens with zero attached hydrogens (tertiary/aromatic N) is 3. The van der Waals surface area contributed by atoms with Gasteiger partial charge in [-0.1, -0.05) is 19.0 Å². The number of aryl methyl sites for hydroxylation is 1. The fourth-order valence-electron chi connectivity index (χ4n) is 1.43. The van der Waals surface area contributed by atoms with Crippen LogP contribution in [0, 0.1) is 6.92 Å². The third-order valence-electron chi connectivity index (χ3n) is 2.62. The summed E-state index contributed by atoms with van der Waals surface area (Å²) in [6, 6.07) is 1.98. The third-order valence-corrected chi connectivity index (χ3v) is 2.62. The molecule has 0 N–H and O–H groups in total. The second-order valence-electron chi connectivity index (χ2n) is 4.04. The zero-order valence-corrected chi connectivity index (χ0v) is 9.48. The lowest BCUT2D eigenvalue weighted by atomic mass is 10.1. The Kier molecular flexibility index (Phi) is 2.34. The average molecular weight is 205 g/mol. The molecule has 0 amide bonds. The monoisotopic (exact) mass is 205 g/mol. The Bertz CT molecular complexity index is 468. The van der Waals surface area contributed by atoms with E-state index in [1.807, 2.05) is 24.7 Å². The molecule has 0 bridgehead atoms. The Morgan fingerprint density at radius 3 is 2.60 bits per heavy atom. The van der Waals surface area contributed by atoms with Crippen LogP contribution in [0.4, 0.5) is 0 Å². The second-order valence-corrected chi connectivity index (χ2v) is 4.04. The van der Waals surface area contributed by atoms with Crippen LogP contribution in [0.3, 0.4) is 0 Å². The lowest BCUT2D eigenvalue weighted by Gasteiger charge is -1.95. The van der Waals surface area contributed by atoms with E-state index in [9.17, 15) is 0 Å². The number of hydrogen-bond donors (Lipinski definition) is 0. The first-order chi connectivity index (χ1) is 7.09. The molecule has 0 atom stereocenters. The standard InChI is InChI=1S/C11H15N3O/c1-7(2)10-5-11(15-13-10)9-6-12-14(4)8(9)3/h5-7H,1-4H3. The van der Waals surface area contributed by atoms with Crippen molar-refractivity contribution in [2.45, 2.75) is 26.7 Å². The van der Waals surface area contributed by atoms with Crippen LogP contribution in [0.2, 0.25) is 0 Å². The fourth-order valence-corrected chi connectivity index (χ4v) is 1.43. The van der Waals surface area contributed by atoms with Crippen LogP contribution in [0.1, 0.15) is 31.2 Å². The smallest absolute Gasteiger partial charge is 0.170 e. The Hall–Kier alpha value is -1.58. The van der Waals surface area contributed by atoms with Crippen molar-refractivity contribution >= 4 is 0 Å². The van der Waals surface area contributed by atoms with E-state index >= 15 is 0 Å². The van der Waals surface area contributed by atoms with Crippen molar-refractivity contribution in [3.63, 3.8) is 0 Å². The van der Waals surface area contributed by atoms with Crippen molar-refractivity contribution in [3.05, 3.63) is 23.7 Å². The van der Waals surface area contributed by atoms with E-state index in [2.05, 4.69) is 24.1 Å². The molecule has 4 nitrogen and oxygen atoms in total. The quantitative estimate of drug-likeness (QED) is 0.756. The molecule has 0 aliphatic heterocycles. The molecule has 0 fully saturated rings. The van der Waals surface area contributed by atoms with Crippen LogP contribution in [-0.4, -0.2) is 14.9 Å². The molecule has 0 unspecified atom stereocenters. The summed E-state index contributed by atoms with van der Waals surface area (Å²) in [6.07, 6.45) is 1.81. The van der Waals surface area contributed by atoms with E-state index in [4.69, 9.17) is 4.52 Å². The molecule has 0 aliphatic carbocycles. The lowest BCUT2D eigenvalue weighted by Crippen LogP contribution is -1.92. The van der Waals surface area contributed by atoms with E-state index < -0.39 is 0 Å². The molecular formula is C11H15N3O. The van der Waals surface area contributed by atoms with Crippen molar-refractivity contribution in [1.82, 2.24) is 14.9 Å². The first-order valence-corrected chi connectivity index (χ1v) is 5.05. The van der Waals surface area contributed by atoms with Crippen LogP contribution >= 0.6 is 0 Å². The van der Waals surface area contributed by atoms with Crippen LogP contribution in [-0.2, 0) is 7.05 Å².